The summed E-state index contributed by atoms with van der Waals surface area (Å²) in [6.07, 6.45) is 1.01. The molecular weight excluding hydrogens is 373 g/mol. The molecule has 29 heavy (non-hydrogen) atoms. The molecule has 2 nitrogen and oxygen atoms in total. The third kappa shape index (κ3) is 5.55. The van der Waals surface area contributed by atoms with Gasteiger partial charge >= 0.3 is 0 Å². The van der Waals surface area contributed by atoms with Gasteiger partial charge in [0.2, 0.25) is 0 Å². The molecular formula is C26H30NOP. The molecule has 0 heterocycles. The van der Waals surface area contributed by atoms with Gasteiger partial charge in [-0.05, 0) is 67.7 Å². The third-order valence-corrected chi connectivity index (χ3v) is 7.12. The first-order valence-electron chi connectivity index (χ1n) is 10.3. The zero-order chi connectivity index (χ0) is 20.8. The first-order chi connectivity index (χ1) is 14.0. The molecule has 0 aromatic heterocycles. The lowest BCUT2D eigenvalue weighted by Crippen LogP contribution is -2.35. The maximum absolute atomic E-state index is 13.1. The van der Waals surface area contributed by atoms with Gasteiger partial charge in [-0.15, -0.1) is 0 Å². The Balaban J connectivity index is 2.20. The van der Waals surface area contributed by atoms with E-state index >= 15 is 0 Å². The number of carbonyl (C=O) groups is 1. The predicted molar refractivity (Wildman–Crippen MR) is 126 cm³/mol. The Bertz CT molecular complexity index is 896. The highest BCUT2D eigenvalue weighted by molar-refractivity contribution is 7.80. The van der Waals surface area contributed by atoms with Crippen LogP contribution < -0.4 is 21.2 Å². The Morgan fingerprint density at radius 1 is 0.828 bits per heavy atom. The topological polar surface area (TPSA) is 29.1 Å². The second-order valence-corrected chi connectivity index (χ2v) is 10.3. The lowest BCUT2D eigenvalue weighted by Gasteiger charge is -2.23. The lowest BCUT2D eigenvalue weighted by molar-refractivity contribution is 0.0944. The number of hydrogen-bond acceptors (Lipinski definition) is 1. The average Bonchev–Trinajstić information content (AvgIpc) is 2.69. The highest BCUT2D eigenvalue weighted by Gasteiger charge is 2.23. The first-order valence-corrected chi connectivity index (χ1v) is 11.6. The number of benzene rings is 3. The summed E-state index contributed by atoms with van der Waals surface area (Å²) in [5.41, 5.74) is 2.07. The number of carbonyl (C=O) groups excluding carboxylic acids is 1. The summed E-state index contributed by atoms with van der Waals surface area (Å²) < 4.78 is 0. The van der Waals surface area contributed by atoms with Gasteiger partial charge in [0.25, 0.3) is 5.91 Å². The normalized spacial score (nSPS) is 11.3. The van der Waals surface area contributed by atoms with Crippen LogP contribution in [0, 0.1) is 5.92 Å². The molecule has 3 aromatic rings. The Morgan fingerprint density at radius 3 is 1.86 bits per heavy atom. The van der Waals surface area contributed by atoms with Gasteiger partial charge in [0.15, 0.2) is 0 Å². The molecule has 1 amide bonds. The summed E-state index contributed by atoms with van der Waals surface area (Å²) >= 11 is 0. The van der Waals surface area contributed by atoms with Gasteiger partial charge < -0.3 is 5.32 Å². The van der Waals surface area contributed by atoms with Gasteiger partial charge in [-0.3, -0.25) is 4.79 Å². The third-order valence-electron chi connectivity index (χ3n) is 4.64. The quantitative estimate of drug-likeness (QED) is 0.565. The minimum Gasteiger partial charge on any atom is -0.350 e. The fourth-order valence-electron chi connectivity index (χ4n) is 3.47. The molecule has 0 radical (unpaired) electrons. The first kappa shape index (κ1) is 21.3. The van der Waals surface area contributed by atoms with E-state index in [1.54, 1.807) is 0 Å². The Kier molecular flexibility index (Phi) is 7.23. The minimum atomic E-state index is -0.826. The fourth-order valence-corrected chi connectivity index (χ4v) is 5.98. The molecule has 0 saturated heterocycles. The summed E-state index contributed by atoms with van der Waals surface area (Å²) in [6.45, 7) is 8.47. The van der Waals surface area contributed by atoms with Crippen LogP contribution >= 0.6 is 7.92 Å². The summed E-state index contributed by atoms with van der Waals surface area (Å²) in [6, 6.07) is 27.6. The van der Waals surface area contributed by atoms with Gasteiger partial charge in [-0.1, -0.05) is 80.6 Å². The fraction of sp³-hybridized carbons (Fsp3) is 0.269. The zero-order valence-corrected chi connectivity index (χ0v) is 18.6. The predicted octanol–water partition coefficient (Wildman–Crippen LogP) is 4.78. The van der Waals surface area contributed by atoms with Crippen molar-refractivity contribution in [3.63, 3.8) is 0 Å². The molecule has 0 aliphatic rings. The van der Waals surface area contributed by atoms with E-state index in [9.17, 15) is 4.79 Å². The minimum absolute atomic E-state index is 0.00505. The van der Waals surface area contributed by atoms with Crippen LogP contribution in [0.4, 0.5) is 0 Å². The molecule has 0 fully saturated rings. The molecule has 0 aliphatic heterocycles. The highest BCUT2D eigenvalue weighted by atomic mass is 31.1. The van der Waals surface area contributed by atoms with E-state index in [2.05, 4.69) is 79.8 Å². The van der Waals surface area contributed by atoms with Crippen LogP contribution in [0.5, 0.6) is 0 Å². The monoisotopic (exact) mass is 403 g/mol. The van der Waals surface area contributed by atoms with Crippen LogP contribution in [0.2, 0.25) is 0 Å². The molecule has 3 heteroatoms. The van der Waals surface area contributed by atoms with Crippen molar-refractivity contribution in [2.24, 2.45) is 5.92 Å². The zero-order valence-electron chi connectivity index (χ0n) is 17.7. The van der Waals surface area contributed by atoms with Crippen molar-refractivity contribution in [3.05, 3.63) is 90.0 Å². The van der Waals surface area contributed by atoms with Gasteiger partial charge in [0.1, 0.15) is 0 Å². The summed E-state index contributed by atoms with van der Waals surface area (Å²) in [4.78, 5) is 13.1. The van der Waals surface area contributed by atoms with E-state index < -0.39 is 7.92 Å². The Morgan fingerprint density at radius 2 is 1.38 bits per heavy atom. The second kappa shape index (κ2) is 9.85. The van der Waals surface area contributed by atoms with Crippen molar-refractivity contribution in [2.45, 2.75) is 40.2 Å². The van der Waals surface area contributed by atoms with Crippen molar-refractivity contribution in [1.29, 1.82) is 0 Å². The lowest BCUT2D eigenvalue weighted by atomic mass is 10.0. The van der Waals surface area contributed by atoms with E-state index in [-0.39, 0.29) is 11.9 Å². The number of rotatable bonds is 7. The van der Waals surface area contributed by atoms with Gasteiger partial charge in [0, 0.05) is 11.6 Å². The van der Waals surface area contributed by atoms with Crippen molar-refractivity contribution in [1.82, 2.24) is 5.32 Å². The Labute approximate surface area is 176 Å². The molecule has 0 bridgehead atoms. The molecule has 0 spiro atoms. The second-order valence-electron chi connectivity index (χ2n) is 8.08. The maximum Gasteiger partial charge on any atom is 0.252 e. The van der Waals surface area contributed by atoms with Crippen LogP contribution in [0.15, 0.2) is 78.9 Å². The summed E-state index contributed by atoms with van der Waals surface area (Å²) in [5, 5.41) is 6.74. The van der Waals surface area contributed by atoms with E-state index in [1.807, 2.05) is 32.0 Å². The molecule has 0 saturated carbocycles. The van der Waals surface area contributed by atoms with E-state index in [1.165, 1.54) is 16.2 Å². The average molecular weight is 404 g/mol. The van der Waals surface area contributed by atoms with Crippen LogP contribution in [-0.4, -0.2) is 11.9 Å². The van der Waals surface area contributed by atoms with Crippen LogP contribution in [0.1, 0.15) is 43.6 Å². The Hall–Kier alpha value is -2.44. The van der Waals surface area contributed by atoms with Crippen molar-refractivity contribution in [3.8, 4) is 0 Å². The van der Waals surface area contributed by atoms with Crippen molar-refractivity contribution < 1.29 is 4.79 Å². The SMILES string of the molecule is CC(C)Cc1ccc(C(=O)NC(C)C)c(P(c2ccccc2)c2ccccc2)c1. The number of nitrogens with one attached hydrogen (secondary N) is 1. The van der Waals surface area contributed by atoms with Crippen LogP contribution in [0.3, 0.4) is 0 Å². The van der Waals surface area contributed by atoms with Gasteiger partial charge in [-0.2, -0.15) is 0 Å². The van der Waals surface area contributed by atoms with Crippen molar-refractivity contribution >= 4 is 29.7 Å². The van der Waals surface area contributed by atoms with Gasteiger partial charge in [-0.25, -0.2) is 0 Å². The molecule has 3 rings (SSSR count). The van der Waals surface area contributed by atoms with Gasteiger partial charge in [0.05, 0.1) is 0 Å². The number of amides is 1. The molecule has 3 aromatic carbocycles. The largest absolute Gasteiger partial charge is 0.350 e. The molecule has 0 unspecified atom stereocenters. The van der Waals surface area contributed by atoms with Crippen LogP contribution in [0.25, 0.3) is 0 Å². The molecule has 150 valence electrons. The smallest absolute Gasteiger partial charge is 0.252 e. The number of hydrogen-bond donors (Lipinski definition) is 1. The van der Waals surface area contributed by atoms with Crippen LogP contribution in [-0.2, 0) is 6.42 Å². The molecule has 0 atom stereocenters. The highest BCUT2D eigenvalue weighted by Crippen LogP contribution is 2.34. The summed E-state index contributed by atoms with van der Waals surface area (Å²) in [7, 11) is -0.826. The van der Waals surface area contributed by atoms with E-state index in [0.717, 1.165) is 17.3 Å². The maximum atomic E-state index is 13.1. The summed E-state index contributed by atoms with van der Waals surface area (Å²) in [5.74, 6) is 0.573. The van der Waals surface area contributed by atoms with E-state index in [4.69, 9.17) is 0 Å². The van der Waals surface area contributed by atoms with Crippen molar-refractivity contribution in [2.75, 3.05) is 0 Å². The molecule has 0 aliphatic carbocycles. The van der Waals surface area contributed by atoms with E-state index in [0.29, 0.717) is 5.92 Å². The standard InChI is InChI=1S/C26H30NOP/c1-19(2)17-21-15-16-24(26(28)27-20(3)4)25(18-21)29(22-11-7-5-8-12-22)23-13-9-6-10-14-23/h5-16,18-20H,17H2,1-4H3,(H,27,28). The molecule has 1 N–H and O–H groups in total.